The molecule has 0 radical (unpaired) electrons. The molecule has 33 heavy (non-hydrogen) atoms. The van der Waals surface area contributed by atoms with Crippen LogP contribution in [-0.4, -0.2) is 59.9 Å². The molecule has 10 nitrogen and oxygen atoms in total. The molecule has 2 aromatic heterocycles. The minimum absolute atomic E-state index is 0.0402. The zero-order valence-corrected chi connectivity index (χ0v) is 18.8. The maximum Gasteiger partial charge on any atom is 0.410 e. The van der Waals surface area contributed by atoms with Crippen molar-refractivity contribution in [3.8, 4) is 11.4 Å². The molecule has 0 atom stereocenters. The lowest BCUT2D eigenvalue weighted by molar-refractivity contribution is 0.0204. The second kappa shape index (κ2) is 9.47. The molecule has 3 aromatic rings. The van der Waals surface area contributed by atoms with E-state index in [4.69, 9.17) is 9.47 Å². The Bertz CT molecular complexity index is 1080. The van der Waals surface area contributed by atoms with Crippen molar-refractivity contribution in [3.63, 3.8) is 0 Å². The maximum absolute atomic E-state index is 14.3. The van der Waals surface area contributed by atoms with Crippen molar-refractivity contribution < 1.29 is 18.7 Å². The zero-order valence-electron chi connectivity index (χ0n) is 18.8. The number of carbonyl (C=O) groups is 1. The fraction of sp³-hybridized carbons (Fsp3) is 0.455. The smallest absolute Gasteiger partial charge is 0.410 e. The molecule has 3 heterocycles. The van der Waals surface area contributed by atoms with Crippen LogP contribution in [0.3, 0.4) is 0 Å². The Hall–Kier alpha value is -3.63. The number of amides is 1. The summed E-state index contributed by atoms with van der Waals surface area (Å²) in [5.41, 5.74) is 1.00. The van der Waals surface area contributed by atoms with E-state index in [-0.39, 0.29) is 24.4 Å². The number of carbonyl (C=O) groups excluding carboxylic acids is 1. The predicted octanol–water partition coefficient (Wildman–Crippen LogP) is 3.28. The van der Waals surface area contributed by atoms with E-state index in [0.717, 1.165) is 18.4 Å². The Morgan fingerprint density at radius 1 is 1.18 bits per heavy atom. The van der Waals surface area contributed by atoms with Crippen molar-refractivity contribution >= 4 is 6.09 Å². The topological polar surface area (TPSA) is 108 Å². The van der Waals surface area contributed by atoms with E-state index < -0.39 is 11.4 Å². The number of aromatic nitrogens is 6. The van der Waals surface area contributed by atoms with Crippen molar-refractivity contribution in [3.05, 3.63) is 54.1 Å². The van der Waals surface area contributed by atoms with Gasteiger partial charge in [0.05, 0.1) is 5.69 Å². The molecule has 174 valence electrons. The summed E-state index contributed by atoms with van der Waals surface area (Å²) in [6, 6.07) is 4.46. The van der Waals surface area contributed by atoms with Crippen LogP contribution in [-0.2, 0) is 11.3 Å². The van der Waals surface area contributed by atoms with E-state index in [1.807, 2.05) is 20.8 Å². The van der Waals surface area contributed by atoms with Gasteiger partial charge in [0.2, 0.25) is 0 Å². The summed E-state index contributed by atoms with van der Waals surface area (Å²) >= 11 is 0. The number of hydrogen-bond acceptors (Lipinski definition) is 8. The van der Waals surface area contributed by atoms with Gasteiger partial charge in [-0.2, -0.15) is 0 Å². The second-order valence-corrected chi connectivity index (χ2v) is 8.83. The Labute approximate surface area is 190 Å². The largest absolute Gasteiger partial charge is 0.483 e. The van der Waals surface area contributed by atoms with E-state index in [0.29, 0.717) is 24.6 Å². The Kier molecular flexibility index (Phi) is 6.47. The molecule has 0 unspecified atom stereocenters. The van der Waals surface area contributed by atoms with Gasteiger partial charge in [-0.15, -0.1) is 5.10 Å². The molecule has 11 heteroatoms. The molecule has 1 aliphatic rings. The van der Waals surface area contributed by atoms with Crippen molar-refractivity contribution in [2.75, 3.05) is 13.1 Å². The Morgan fingerprint density at radius 2 is 1.91 bits per heavy atom. The van der Waals surface area contributed by atoms with E-state index in [9.17, 15) is 9.18 Å². The number of nitrogens with zero attached hydrogens (tertiary/aromatic N) is 7. The SMILES string of the molecule is CC(C)(C)OC(=O)N1CCC(c2cnc(COc3ccc(-n4cnnn4)cc3F)nc2)CC1. The quantitative estimate of drug-likeness (QED) is 0.577. The highest BCUT2D eigenvalue weighted by molar-refractivity contribution is 5.68. The fourth-order valence-electron chi connectivity index (χ4n) is 3.54. The van der Waals surface area contributed by atoms with Crippen LogP contribution in [0.5, 0.6) is 5.75 Å². The van der Waals surface area contributed by atoms with E-state index in [1.165, 1.54) is 23.1 Å². The fourth-order valence-corrected chi connectivity index (χ4v) is 3.54. The van der Waals surface area contributed by atoms with Gasteiger partial charge < -0.3 is 14.4 Å². The number of benzene rings is 1. The van der Waals surface area contributed by atoms with Gasteiger partial charge in [-0.05, 0) is 67.7 Å². The number of hydrogen-bond donors (Lipinski definition) is 0. The van der Waals surface area contributed by atoms with Crippen LogP contribution in [0.2, 0.25) is 0 Å². The van der Waals surface area contributed by atoms with Crippen molar-refractivity contribution in [1.29, 1.82) is 0 Å². The highest BCUT2D eigenvalue weighted by Gasteiger charge is 2.27. The summed E-state index contributed by atoms with van der Waals surface area (Å²) < 4.78 is 26.7. The zero-order chi connectivity index (χ0) is 23.4. The number of piperidine rings is 1. The van der Waals surface area contributed by atoms with Gasteiger partial charge in [-0.1, -0.05) is 0 Å². The second-order valence-electron chi connectivity index (χ2n) is 8.83. The van der Waals surface area contributed by atoms with Crippen LogP contribution in [0.1, 0.15) is 50.9 Å². The number of rotatable bonds is 5. The van der Waals surface area contributed by atoms with Gasteiger partial charge in [0.15, 0.2) is 17.4 Å². The molecular weight excluding hydrogens is 429 g/mol. The monoisotopic (exact) mass is 455 g/mol. The number of halogens is 1. The molecule has 0 spiro atoms. The summed E-state index contributed by atoms with van der Waals surface area (Å²) in [6.45, 7) is 6.88. The lowest BCUT2D eigenvalue weighted by Crippen LogP contribution is -2.41. The average Bonchev–Trinajstić information content (AvgIpc) is 3.33. The van der Waals surface area contributed by atoms with Gasteiger partial charge in [0.25, 0.3) is 0 Å². The number of ether oxygens (including phenoxy) is 2. The van der Waals surface area contributed by atoms with Crippen LogP contribution < -0.4 is 4.74 Å². The first-order valence-electron chi connectivity index (χ1n) is 10.7. The molecule has 4 rings (SSSR count). The minimum Gasteiger partial charge on any atom is -0.483 e. The van der Waals surface area contributed by atoms with Crippen LogP contribution in [0.4, 0.5) is 9.18 Å². The van der Waals surface area contributed by atoms with Gasteiger partial charge in [0.1, 0.15) is 18.5 Å². The third-order valence-corrected chi connectivity index (χ3v) is 5.23. The Morgan fingerprint density at radius 3 is 2.52 bits per heavy atom. The van der Waals surface area contributed by atoms with Gasteiger partial charge in [-0.25, -0.2) is 23.8 Å². The van der Waals surface area contributed by atoms with E-state index >= 15 is 0 Å². The minimum atomic E-state index is -0.531. The maximum atomic E-state index is 14.3. The first-order valence-corrected chi connectivity index (χ1v) is 10.7. The molecule has 1 saturated heterocycles. The van der Waals surface area contributed by atoms with Crippen molar-refractivity contribution in [2.24, 2.45) is 0 Å². The van der Waals surface area contributed by atoms with Crippen LogP contribution in [0, 0.1) is 5.82 Å². The van der Waals surface area contributed by atoms with E-state index in [2.05, 4.69) is 25.5 Å². The molecule has 1 fully saturated rings. The molecule has 0 bridgehead atoms. The predicted molar refractivity (Wildman–Crippen MR) is 115 cm³/mol. The summed E-state index contributed by atoms with van der Waals surface area (Å²) in [6.07, 6.45) is 6.29. The summed E-state index contributed by atoms with van der Waals surface area (Å²) in [5.74, 6) is 0.286. The molecule has 0 saturated carbocycles. The molecule has 0 N–H and O–H groups in total. The molecule has 1 amide bonds. The number of tetrazole rings is 1. The summed E-state index contributed by atoms with van der Waals surface area (Å²) in [5, 5.41) is 10.8. The van der Waals surface area contributed by atoms with Gasteiger partial charge in [-0.3, -0.25) is 0 Å². The highest BCUT2D eigenvalue weighted by atomic mass is 19.1. The van der Waals surface area contributed by atoms with Crippen LogP contribution in [0.15, 0.2) is 36.9 Å². The molecule has 0 aliphatic carbocycles. The lowest BCUT2D eigenvalue weighted by Gasteiger charge is -2.33. The normalized spacial score (nSPS) is 14.8. The molecule has 1 aliphatic heterocycles. The molecule has 1 aromatic carbocycles. The van der Waals surface area contributed by atoms with Crippen LogP contribution in [0.25, 0.3) is 5.69 Å². The van der Waals surface area contributed by atoms with Gasteiger partial charge >= 0.3 is 6.09 Å². The van der Waals surface area contributed by atoms with E-state index in [1.54, 1.807) is 23.4 Å². The van der Waals surface area contributed by atoms with Crippen molar-refractivity contribution in [1.82, 2.24) is 35.1 Å². The highest BCUT2D eigenvalue weighted by Crippen LogP contribution is 2.28. The third kappa shape index (κ3) is 5.79. The molecular formula is C22H26FN7O3. The van der Waals surface area contributed by atoms with Crippen LogP contribution >= 0.6 is 0 Å². The summed E-state index contributed by atoms with van der Waals surface area (Å²) in [4.78, 5) is 22.7. The Balaban J connectivity index is 1.29. The summed E-state index contributed by atoms with van der Waals surface area (Å²) in [7, 11) is 0. The number of likely N-dealkylation sites (tertiary alicyclic amines) is 1. The first-order chi connectivity index (χ1) is 15.8. The van der Waals surface area contributed by atoms with Crippen molar-refractivity contribution in [2.45, 2.75) is 51.7 Å². The third-order valence-electron chi connectivity index (χ3n) is 5.23. The average molecular weight is 455 g/mol. The first kappa shape index (κ1) is 22.6. The lowest BCUT2D eigenvalue weighted by atomic mass is 9.91. The van der Waals surface area contributed by atoms with Gasteiger partial charge in [0, 0.05) is 31.5 Å². The standard InChI is InChI=1S/C22H26FN7O3/c1-22(2,3)33-21(31)29-8-6-15(7-9-29)16-11-24-20(25-12-16)13-32-19-5-4-17(10-18(19)23)30-14-26-27-28-30/h4-5,10-12,14-15H,6-9,13H2,1-3H3.